The number of aromatic nitrogens is 1. The molecule has 0 amide bonds. The Hall–Kier alpha value is -4.58. The molecule has 4 aromatic carbocycles. The molecule has 3 atom stereocenters. The average molecular weight is 756 g/mol. The maximum absolute atomic E-state index is 12.9. The fourth-order valence-corrected chi connectivity index (χ4v) is 6.69. The van der Waals surface area contributed by atoms with E-state index in [-0.39, 0.29) is 24.6 Å². The fourth-order valence-electron chi connectivity index (χ4n) is 6.53. The van der Waals surface area contributed by atoms with E-state index in [0.717, 1.165) is 62.1 Å². The van der Waals surface area contributed by atoms with Gasteiger partial charge in [-0.25, -0.2) is 4.79 Å². The molecule has 3 unspecified atom stereocenters. The molecule has 0 radical (unpaired) electrons. The number of benzene rings is 4. The Labute approximate surface area is 322 Å². The largest absolute Gasteiger partial charge is 0.464 e. The number of nitrogens with zero attached hydrogens (tertiary/aromatic N) is 2. The number of rotatable bonds is 16. The molecule has 0 spiro atoms. The number of nitrogens with one attached hydrogen (secondary N) is 1. The van der Waals surface area contributed by atoms with Crippen LogP contribution in [-0.4, -0.2) is 90.3 Å². The molecule has 0 saturated carbocycles. The number of fused-ring (bicyclic) bond motifs is 2. The minimum Gasteiger partial charge on any atom is -0.464 e. The first-order chi connectivity index (χ1) is 26.3. The number of pyridine rings is 1. The molecule has 1 fully saturated rings. The van der Waals surface area contributed by atoms with E-state index in [1.54, 1.807) is 48.7 Å². The highest BCUT2D eigenvalue weighted by atomic mass is 35.5. The Morgan fingerprint density at radius 3 is 2.52 bits per heavy atom. The van der Waals surface area contributed by atoms with Crippen molar-refractivity contribution >= 4 is 56.6 Å². The highest BCUT2D eigenvalue weighted by Gasteiger charge is 2.28. The van der Waals surface area contributed by atoms with Crippen LogP contribution in [0.3, 0.4) is 0 Å². The van der Waals surface area contributed by atoms with E-state index in [0.29, 0.717) is 29.3 Å². The topological polar surface area (TPSA) is 130 Å². The lowest BCUT2D eigenvalue weighted by Crippen LogP contribution is -2.30. The van der Waals surface area contributed by atoms with Crippen molar-refractivity contribution in [2.45, 2.75) is 51.7 Å². The van der Waals surface area contributed by atoms with Crippen LogP contribution in [0.4, 0.5) is 11.4 Å². The van der Waals surface area contributed by atoms with Crippen LogP contribution < -0.4 is 5.32 Å². The number of anilines is 2. The quantitative estimate of drug-likeness (QED) is 0.0866. The number of aliphatic hydroxyl groups excluding tert-OH is 2. The molecule has 54 heavy (non-hydrogen) atoms. The van der Waals surface area contributed by atoms with Crippen molar-refractivity contribution in [2.75, 3.05) is 51.4 Å². The van der Waals surface area contributed by atoms with E-state index in [9.17, 15) is 14.7 Å². The van der Waals surface area contributed by atoms with Crippen molar-refractivity contribution in [3.05, 3.63) is 113 Å². The maximum atomic E-state index is 12.9. The molecule has 1 aliphatic heterocycles. The highest BCUT2D eigenvalue weighted by Crippen LogP contribution is 2.30. The zero-order chi connectivity index (χ0) is 38.3. The van der Waals surface area contributed by atoms with Gasteiger partial charge in [0.25, 0.3) is 0 Å². The van der Waals surface area contributed by atoms with Gasteiger partial charge in [0.15, 0.2) is 0 Å². The van der Waals surface area contributed by atoms with E-state index in [1.807, 2.05) is 6.07 Å². The van der Waals surface area contributed by atoms with Gasteiger partial charge in [0.2, 0.25) is 0 Å². The third-order valence-corrected chi connectivity index (χ3v) is 9.77. The smallest absolute Gasteiger partial charge is 0.340 e. The Morgan fingerprint density at radius 1 is 0.963 bits per heavy atom. The Balaban J connectivity index is 0.000000208. The zero-order valence-corrected chi connectivity index (χ0v) is 31.7. The van der Waals surface area contributed by atoms with Gasteiger partial charge in [-0.15, -0.1) is 0 Å². The fraction of sp³-hybridized carbons (Fsp3) is 0.372. The second-order valence-corrected chi connectivity index (χ2v) is 13.7. The lowest BCUT2D eigenvalue weighted by Gasteiger charge is -2.22. The van der Waals surface area contributed by atoms with E-state index in [4.69, 9.17) is 30.9 Å². The molecule has 286 valence electrons. The van der Waals surface area contributed by atoms with Crippen molar-refractivity contribution in [1.29, 1.82) is 0 Å². The Kier molecular flexibility index (Phi) is 15.6. The summed E-state index contributed by atoms with van der Waals surface area (Å²) in [6, 6.07) is 28.8. The molecule has 3 N–H and O–H groups in total. The molecule has 11 heteroatoms. The van der Waals surface area contributed by atoms with Gasteiger partial charge >= 0.3 is 11.9 Å². The maximum Gasteiger partial charge on any atom is 0.340 e. The molecule has 1 aromatic heterocycles. The minimum absolute atomic E-state index is 0.0874. The summed E-state index contributed by atoms with van der Waals surface area (Å²) < 4.78 is 16.6. The molecule has 10 nitrogen and oxygen atoms in total. The number of para-hydroxylation sites is 1. The lowest BCUT2D eigenvalue weighted by molar-refractivity contribution is -0.150. The Bertz CT molecular complexity index is 1960. The van der Waals surface area contributed by atoms with Crippen molar-refractivity contribution in [3.8, 4) is 0 Å². The number of carbonyl (C=O) groups excluding carboxylic acids is 2. The molecule has 6 rings (SSSR count). The van der Waals surface area contributed by atoms with Crippen molar-refractivity contribution in [2.24, 2.45) is 5.92 Å². The molecule has 1 aliphatic rings. The number of esters is 2. The van der Waals surface area contributed by atoms with Gasteiger partial charge < -0.3 is 34.6 Å². The Morgan fingerprint density at radius 2 is 1.74 bits per heavy atom. The van der Waals surface area contributed by atoms with Crippen LogP contribution in [0.5, 0.6) is 0 Å². The monoisotopic (exact) mass is 755 g/mol. The predicted octanol–water partition coefficient (Wildman–Crippen LogP) is 7.59. The standard InChI is InChI=1S/C24H33NO3.C19H17ClN2O4/c1-3-25(4-2)14-16-28-24(26)21(18-22-12-8-15-27-22)17-20-11-7-10-19-9-5-6-13-23(19)20;20-12-5-6-14-17(7-8-21-18(14)9-12)22-16-4-2-1-3-15(16)19(25)26-11-13(24)10-23/h5-7,9-11,13,21-22H,3-4,8,12,14-18H2,1-2H3;1-9,13,23-24H,10-11H2,(H,21,22). The zero-order valence-electron chi connectivity index (χ0n) is 31.0. The van der Waals surface area contributed by atoms with Crippen LogP contribution in [-0.2, 0) is 25.4 Å². The first-order valence-corrected chi connectivity index (χ1v) is 19.0. The second kappa shape index (κ2) is 20.8. The first-order valence-electron chi connectivity index (χ1n) is 18.6. The predicted molar refractivity (Wildman–Crippen MR) is 213 cm³/mol. The second-order valence-electron chi connectivity index (χ2n) is 13.2. The van der Waals surface area contributed by atoms with Crippen molar-refractivity contribution in [1.82, 2.24) is 9.88 Å². The van der Waals surface area contributed by atoms with Gasteiger partial charge in [-0.2, -0.15) is 0 Å². The van der Waals surface area contributed by atoms with Gasteiger partial charge in [0.1, 0.15) is 19.3 Å². The summed E-state index contributed by atoms with van der Waals surface area (Å²) in [5.41, 5.74) is 3.58. The summed E-state index contributed by atoms with van der Waals surface area (Å²) in [4.78, 5) is 31.8. The average Bonchev–Trinajstić information content (AvgIpc) is 3.72. The van der Waals surface area contributed by atoms with Gasteiger partial charge in [0, 0.05) is 35.4 Å². The summed E-state index contributed by atoms with van der Waals surface area (Å²) in [5.74, 6) is -0.844. The van der Waals surface area contributed by atoms with Crippen LogP contribution in [0.25, 0.3) is 21.7 Å². The van der Waals surface area contributed by atoms with Gasteiger partial charge in [-0.05, 0) is 91.5 Å². The lowest BCUT2D eigenvalue weighted by atomic mass is 9.90. The van der Waals surface area contributed by atoms with Crippen molar-refractivity contribution < 1.29 is 34.0 Å². The summed E-state index contributed by atoms with van der Waals surface area (Å²) in [5, 5.41) is 25.3. The van der Waals surface area contributed by atoms with E-state index < -0.39 is 18.7 Å². The van der Waals surface area contributed by atoms with Crippen LogP contribution in [0.2, 0.25) is 5.02 Å². The van der Waals surface area contributed by atoms with Crippen molar-refractivity contribution in [3.63, 3.8) is 0 Å². The number of ether oxygens (including phenoxy) is 3. The van der Waals surface area contributed by atoms with Crippen LogP contribution in [0.1, 0.15) is 49.0 Å². The number of halogens is 1. The summed E-state index contributed by atoms with van der Waals surface area (Å²) in [6.45, 7) is 7.52. The number of hydrogen-bond acceptors (Lipinski definition) is 10. The summed E-state index contributed by atoms with van der Waals surface area (Å²) in [6.07, 6.45) is 4.29. The van der Waals surface area contributed by atoms with Gasteiger partial charge in [-0.3, -0.25) is 9.78 Å². The number of carbonyl (C=O) groups is 2. The highest BCUT2D eigenvalue weighted by molar-refractivity contribution is 6.31. The van der Waals surface area contributed by atoms with Gasteiger partial charge in [-0.1, -0.05) is 80.0 Å². The molecular formula is C43H50ClN3O7. The number of likely N-dealkylation sites (N-methyl/N-ethyl adjacent to an activating group) is 1. The molecule has 1 saturated heterocycles. The first kappa shape index (κ1) is 40.6. The molecule has 5 aromatic rings. The summed E-state index contributed by atoms with van der Waals surface area (Å²) >= 11 is 6.01. The number of aliphatic hydroxyl groups is 2. The third-order valence-electron chi connectivity index (χ3n) is 9.54. The molecule has 2 heterocycles. The van der Waals surface area contributed by atoms with E-state index >= 15 is 0 Å². The van der Waals surface area contributed by atoms with Gasteiger partial charge in [0.05, 0.1) is 35.4 Å². The SMILES string of the molecule is CCN(CC)CCOC(=O)C(Cc1cccc2ccccc12)CC1CCCO1.O=C(OCC(O)CO)c1ccccc1Nc1ccnc2cc(Cl)ccc12. The minimum atomic E-state index is -1.10. The van der Waals surface area contributed by atoms with Crippen LogP contribution in [0, 0.1) is 5.92 Å². The summed E-state index contributed by atoms with van der Waals surface area (Å²) in [7, 11) is 0. The van der Waals surface area contributed by atoms with Crippen LogP contribution >= 0.6 is 11.6 Å². The number of hydrogen-bond donors (Lipinski definition) is 3. The molecular weight excluding hydrogens is 706 g/mol. The normalized spacial score (nSPS) is 15.0. The van der Waals surface area contributed by atoms with E-state index in [1.165, 1.54) is 16.3 Å². The third kappa shape index (κ3) is 11.5. The van der Waals surface area contributed by atoms with E-state index in [2.05, 4.69) is 71.5 Å². The molecule has 0 bridgehead atoms. The van der Waals surface area contributed by atoms with Crippen LogP contribution in [0.15, 0.2) is 97.2 Å². The molecule has 0 aliphatic carbocycles.